The fourth-order valence-corrected chi connectivity index (χ4v) is 2.85. The van der Waals surface area contributed by atoms with Crippen LogP contribution in [0.4, 0.5) is 5.69 Å². The van der Waals surface area contributed by atoms with Crippen molar-refractivity contribution in [3.63, 3.8) is 0 Å². The van der Waals surface area contributed by atoms with Crippen LogP contribution < -0.4 is 10.2 Å². The molecule has 0 radical (unpaired) electrons. The second-order valence-electron chi connectivity index (χ2n) is 5.78. The largest absolute Gasteiger partial charge is 0.366 e. The van der Waals surface area contributed by atoms with E-state index in [0.717, 1.165) is 6.54 Å². The van der Waals surface area contributed by atoms with E-state index in [1.165, 1.54) is 24.1 Å². The average Bonchev–Trinajstić information content (AvgIpc) is 2.29. The molecule has 1 atom stereocenters. The van der Waals surface area contributed by atoms with Crippen LogP contribution in [-0.2, 0) is 0 Å². The molecule has 1 aromatic carbocycles. The first-order valence-corrected chi connectivity index (χ1v) is 6.54. The Balaban J connectivity index is 2.18. The summed E-state index contributed by atoms with van der Waals surface area (Å²) in [5.74, 6) is 0. The SMILES string of the molecule is CNC1CCN(c2ccc(C)cc2)C(C)(C)C1. The lowest BCUT2D eigenvalue weighted by Crippen LogP contribution is -2.54. The summed E-state index contributed by atoms with van der Waals surface area (Å²) in [4.78, 5) is 2.54. The molecule has 1 unspecified atom stereocenters. The van der Waals surface area contributed by atoms with Crippen LogP contribution in [0, 0.1) is 6.92 Å². The Bertz CT molecular complexity index is 367. The lowest BCUT2D eigenvalue weighted by molar-refractivity contribution is 0.302. The molecule has 1 aliphatic heterocycles. The van der Waals surface area contributed by atoms with Crippen molar-refractivity contribution in [2.45, 2.75) is 45.2 Å². The Morgan fingerprint density at radius 1 is 1.24 bits per heavy atom. The minimum atomic E-state index is 0.237. The van der Waals surface area contributed by atoms with E-state index in [1.807, 2.05) is 0 Å². The van der Waals surface area contributed by atoms with Gasteiger partial charge in [-0.3, -0.25) is 0 Å². The molecular formula is C15H24N2. The Labute approximate surface area is 105 Å². The standard InChI is InChI=1S/C15H24N2/c1-12-5-7-14(8-6-12)17-10-9-13(16-4)11-15(17,2)3/h5-8,13,16H,9-11H2,1-4H3. The molecule has 0 amide bonds. The van der Waals surface area contributed by atoms with Crippen LogP contribution in [0.15, 0.2) is 24.3 Å². The van der Waals surface area contributed by atoms with Gasteiger partial charge in [0.15, 0.2) is 0 Å². The number of benzene rings is 1. The third-order valence-corrected chi connectivity index (χ3v) is 3.93. The van der Waals surface area contributed by atoms with Crippen LogP contribution in [0.25, 0.3) is 0 Å². The van der Waals surface area contributed by atoms with Crippen molar-refractivity contribution in [1.29, 1.82) is 0 Å². The maximum atomic E-state index is 3.41. The Kier molecular flexibility index (Phi) is 3.43. The van der Waals surface area contributed by atoms with Crippen LogP contribution in [0.3, 0.4) is 0 Å². The highest BCUT2D eigenvalue weighted by molar-refractivity contribution is 5.50. The smallest absolute Gasteiger partial charge is 0.0370 e. The molecular weight excluding hydrogens is 208 g/mol. The highest BCUT2D eigenvalue weighted by Crippen LogP contribution is 2.32. The summed E-state index contributed by atoms with van der Waals surface area (Å²) in [5, 5.41) is 3.41. The normalized spacial score (nSPS) is 23.8. The molecule has 0 aromatic heterocycles. The molecule has 1 aliphatic rings. The lowest BCUT2D eigenvalue weighted by atomic mass is 9.86. The quantitative estimate of drug-likeness (QED) is 0.843. The van der Waals surface area contributed by atoms with E-state index >= 15 is 0 Å². The number of hydrogen-bond donors (Lipinski definition) is 1. The molecule has 1 saturated heterocycles. The molecule has 2 rings (SSSR count). The van der Waals surface area contributed by atoms with Gasteiger partial charge in [-0.15, -0.1) is 0 Å². The van der Waals surface area contributed by atoms with Crippen LogP contribution in [0.2, 0.25) is 0 Å². The zero-order chi connectivity index (χ0) is 12.5. The van der Waals surface area contributed by atoms with E-state index < -0.39 is 0 Å². The van der Waals surface area contributed by atoms with Gasteiger partial charge in [-0.1, -0.05) is 17.7 Å². The summed E-state index contributed by atoms with van der Waals surface area (Å²) in [7, 11) is 2.07. The Morgan fingerprint density at radius 3 is 2.41 bits per heavy atom. The first kappa shape index (κ1) is 12.4. The molecule has 17 heavy (non-hydrogen) atoms. The fraction of sp³-hybridized carbons (Fsp3) is 0.600. The molecule has 0 spiro atoms. The molecule has 0 aliphatic carbocycles. The van der Waals surface area contributed by atoms with Crippen molar-refractivity contribution < 1.29 is 0 Å². The van der Waals surface area contributed by atoms with E-state index in [1.54, 1.807) is 0 Å². The summed E-state index contributed by atoms with van der Waals surface area (Å²) in [5.41, 5.74) is 2.92. The molecule has 0 saturated carbocycles. The minimum Gasteiger partial charge on any atom is -0.366 e. The number of aryl methyl sites for hydroxylation is 1. The minimum absolute atomic E-state index is 0.237. The van der Waals surface area contributed by atoms with Crippen LogP contribution in [0.1, 0.15) is 32.3 Å². The summed E-state index contributed by atoms with van der Waals surface area (Å²) in [6, 6.07) is 9.56. The van der Waals surface area contributed by atoms with Crippen molar-refractivity contribution >= 4 is 5.69 Å². The van der Waals surface area contributed by atoms with E-state index in [9.17, 15) is 0 Å². The van der Waals surface area contributed by atoms with E-state index in [0.29, 0.717) is 6.04 Å². The summed E-state index contributed by atoms with van der Waals surface area (Å²) in [6.45, 7) is 7.97. The van der Waals surface area contributed by atoms with Gasteiger partial charge in [0, 0.05) is 23.8 Å². The van der Waals surface area contributed by atoms with Crippen LogP contribution in [0.5, 0.6) is 0 Å². The van der Waals surface area contributed by atoms with Crippen molar-refractivity contribution in [3.8, 4) is 0 Å². The Hall–Kier alpha value is -1.02. The zero-order valence-electron chi connectivity index (χ0n) is 11.5. The molecule has 1 fully saturated rings. The second kappa shape index (κ2) is 4.69. The Morgan fingerprint density at radius 2 is 1.88 bits per heavy atom. The maximum absolute atomic E-state index is 3.41. The van der Waals surface area contributed by atoms with E-state index in [2.05, 4.69) is 62.3 Å². The first-order chi connectivity index (χ1) is 8.03. The maximum Gasteiger partial charge on any atom is 0.0370 e. The molecule has 2 heteroatoms. The predicted molar refractivity (Wildman–Crippen MR) is 74.7 cm³/mol. The zero-order valence-corrected chi connectivity index (χ0v) is 11.5. The number of piperidine rings is 1. The molecule has 1 N–H and O–H groups in total. The number of rotatable bonds is 2. The van der Waals surface area contributed by atoms with Crippen molar-refractivity contribution in [2.75, 3.05) is 18.5 Å². The van der Waals surface area contributed by atoms with Gasteiger partial charge in [-0.2, -0.15) is 0 Å². The molecule has 0 bridgehead atoms. The number of hydrogen-bond acceptors (Lipinski definition) is 2. The third kappa shape index (κ3) is 2.63. The predicted octanol–water partition coefficient (Wildman–Crippen LogP) is 2.96. The van der Waals surface area contributed by atoms with Crippen molar-refractivity contribution in [1.82, 2.24) is 5.32 Å². The van der Waals surface area contributed by atoms with Crippen molar-refractivity contribution in [3.05, 3.63) is 29.8 Å². The highest BCUT2D eigenvalue weighted by Gasteiger charge is 2.34. The van der Waals surface area contributed by atoms with Gasteiger partial charge in [-0.25, -0.2) is 0 Å². The number of nitrogens with zero attached hydrogens (tertiary/aromatic N) is 1. The lowest BCUT2D eigenvalue weighted by Gasteiger charge is -2.47. The first-order valence-electron chi connectivity index (χ1n) is 6.54. The third-order valence-electron chi connectivity index (χ3n) is 3.93. The summed E-state index contributed by atoms with van der Waals surface area (Å²) in [6.07, 6.45) is 2.44. The topological polar surface area (TPSA) is 15.3 Å². The fourth-order valence-electron chi connectivity index (χ4n) is 2.85. The molecule has 1 heterocycles. The average molecular weight is 232 g/mol. The van der Waals surface area contributed by atoms with Crippen LogP contribution >= 0.6 is 0 Å². The van der Waals surface area contributed by atoms with Gasteiger partial charge in [-0.05, 0) is 52.8 Å². The van der Waals surface area contributed by atoms with Crippen LogP contribution in [-0.4, -0.2) is 25.2 Å². The van der Waals surface area contributed by atoms with Gasteiger partial charge in [0.05, 0.1) is 0 Å². The van der Waals surface area contributed by atoms with Gasteiger partial charge in [0.2, 0.25) is 0 Å². The van der Waals surface area contributed by atoms with Gasteiger partial charge in [0.25, 0.3) is 0 Å². The monoisotopic (exact) mass is 232 g/mol. The van der Waals surface area contributed by atoms with E-state index in [-0.39, 0.29) is 5.54 Å². The second-order valence-corrected chi connectivity index (χ2v) is 5.78. The number of nitrogens with one attached hydrogen (secondary N) is 1. The van der Waals surface area contributed by atoms with Gasteiger partial charge in [0.1, 0.15) is 0 Å². The summed E-state index contributed by atoms with van der Waals surface area (Å²) < 4.78 is 0. The van der Waals surface area contributed by atoms with Gasteiger partial charge < -0.3 is 10.2 Å². The summed E-state index contributed by atoms with van der Waals surface area (Å²) >= 11 is 0. The molecule has 94 valence electrons. The molecule has 1 aromatic rings. The highest BCUT2D eigenvalue weighted by atomic mass is 15.2. The van der Waals surface area contributed by atoms with Gasteiger partial charge >= 0.3 is 0 Å². The number of anilines is 1. The molecule has 2 nitrogen and oxygen atoms in total. The van der Waals surface area contributed by atoms with Crippen molar-refractivity contribution in [2.24, 2.45) is 0 Å². The van der Waals surface area contributed by atoms with E-state index in [4.69, 9.17) is 0 Å².